The van der Waals surface area contributed by atoms with Gasteiger partial charge in [0.1, 0.15) is 5.75 Å². The number of phenols is 1. The molecule has 1 aromatic carbocycles. The van der Waals surface area contributed by atoms with Gasteiger partial charge in [-0.15, -0.1) is 11.3 Å². The van der Waals surface area contributed by atoms with E-state index in [2.05, 4.69) is 5.32 Å². The Hall–Kier alpha value is -1.81. The minimum atomic E-state index is -0.0786. The lowest BCUT2D eigenvalue weighted by Gasteiger charge is -2.06. The number of benzene rings is 1. The fraction of sp³-hybridized carbons (Fsp3) is 0.214. The van der Waals surface area contributed by atoms with Crippen molar-refractivity contribution in [3.05, 3.63) is 51.7 Å². The minimum Gasteiger partial charge on any atom is -0.508 e. The van der Waals surface area contributed by atoms with E-state index in [1.54, 1.807) is 18.2 Å². The van der Waals surface area contributed by atoms with Crippen molar-refractivity contribution in [1.82, 2.24) is 5.32 Å². The topological polar surface area (TPSA) is 49.3 Å². The smallest absolute Gasteiger partial charge is 0.261 e. The van der Waals surface area contributed by atoms with Gasteiger partial charge in [-0.1, -0.05) is 25.1 Å². The van der Waals surface area contributed by atoms with E-state index in [1.165, 1.54) is 11.3 Å². The monoisotopic (exact) mass is 261 g/mol. The van der Waals surface area contributed by atoms with Crippen LogP contribution in [0.2, 0.25) is 0 Å². The first-order valence-corrected chi connectivity index (χ1v) is 6.71. The van der Waals surface area contributed by atoms with Gasteiger partial charge in [0.15, 0.2) is 0 Å². The quantitative estimate of drug-likeness (QED) is 0.889. The Labute approximate surface area is 110 Å². The maximum atomic E-state index is 12.0. The molecule has 1 aromatic heterocycles. The minimum absolute atomic E-state index is 0.0786. The molecule has 0 saturated carbocycles. The lowest BCUT2D eigenvalue weighted by molar-refractivity contribution is 0.0954. The van der Waals surface area contributed by atoms with Gasteiger partial charge in [0.05, 0.1) is 4.88 Å². The number of amides is 1. The molecular weight excluding hydrogens is 246 g/mol. The van der Waals surface area contributed by atoms with Crippen molar-refractivity contribution in [2.45, 2.75) is 19.9 Å². The van der Waals surface area contributed by atoms with E-state index in [0.717, 1.165) is 22.4 Å². The predicted molar refractivity (Wildman–Crippen MR) is 73.0 cm³/mol. The van der Waals surface area contributed by atoms with Gasteiger partial charge >= 0.3 is 0 Å². The van der Waals surface area contributed by atoms with E-state index in [-0.39, 0.29) is 11.7 Å². The first-order valence-electron chi connectivity index (χ1n) is 5.83. The van der Waals surface area contributed by atoms with Crippen molar-refractivity contribution < 1.29 is 9.90 Å². The Morgan fingerprint density at radius 2 is 2.06 bits per heavy atom. The van der Waals surface area contributed by atoms with Gasteiger partial charge in [-0.2, -0.15) is 0 Å². The third kappa shape index (κ3) is 2.71. The van der Waals surface area contributed by atoms with E-state index < -0.39 is 0 Å². The molecule has 0 spiro atoms. The van der Waals surface area contributed by atoms with Crippen LogP contribution in [0.1, 0.15) is 27.7 Å². The SMILES string of the molecule is CCc1ccsc1C(=O)NCc1ccccc1O. The van der Waals surface area contributed by atoms with Crippen LogP contribution in [0, 0.1) is 0 Å². The highest BCUT2D eigenvalue weighted by Crippen LogP contribution is 2.18. The third-order valence-corrected chi connectivity index (χ3v) is 3.72. The van der Waals surface area contributed by atoms with Crippen molar-refractivity contribution in [2.24, 2.45) is 0 Å². The summed E-state index contributed by atoms with van der Waals surface area (Å²) < 4.78 is 0. The van der Waals surface area contributed by atoms with E-state index in [9.17, 15) is 9.90 Å². The molecule has 4 heteroatoms. The molecule has 0 bridgehead atoms. The number of thiophene rings is 1. The second-order valence-electron chi connectivity index (χ2n) is 3.94. The zero-order valence-electron chi connectivity index (χ0n) is 10.1. The van der Waals surface area contributed by atoms with Gasteiger partial charge in [0.25, 0.3) is 5.91 Å². The summed E-state index contributed by atoms with van der Waals surface area (Å²) in [5.74, 6) is 0.129. The molecule has 2 rings (SSSR count). The summed E-state index contributed by atoms with van der Waals surface area (Å²) in [5, 5.41) is 14.4. The molecule has 0 aliphatic rings. The molecule has 18 heavy (non-hydrogen) atoms. The first kappa shape index (κ1) is 12.6. The zero-order valence-corrected chi connectivity index (χ0v) is 11.0. The number of para-hydroxylation sites is 1. The predicted octanol–water partition coefficient (Wildman–Crippen LogP) is 2.95. The van der Waals surface area contributed by atoms with Crippen LogP contribution in [0.3, 0.4) is 0 Å². The van der Waals surface area contributed by atoms with Gasteiger partial charge in [-0.3, -0.25) is 4.79 Å². The van der Waals surface area contributed by atoms with Gasteiger partial charge in [0, 0.05) is 12.1 Å². The van der Waals surface area contributed by atoms with E-state index in [0.29, 0.717) is 6.54 Å². The Kier molecular flexibility index (Phi) is 3.99. The normalized spacial score (nSPS) is 10.3. The van der Waals surface area contributed by atoms with Crippen molar-refractivity contribution in [1.29, 1.82) is 0 Å². The second kappa shape index (κ2) is 5.69. The number of nitrogens with one attached hydrogen (secondary N) is 1. The van der Waals surface area contributed by atoms with Crippen LogP contribution in [0.4, 0.5) is 0 Å². The van der Waals surface area contributed by atoms with E-state index in [4.69, 9.17) is 0 Å². The third-order valence-electron chi connectivity index (χ3n) is 2.76. The largest absolute Gasteiger partial charge is 0.508 e. The molecule has 94 valence electrons. The summed E-state index contributed by atoms with van der Waals surface area (Å²) in [6.07, 6.45) is 0.850. The summed E-state index contributed by atoms with van der Waals surface area (Å²) in [4.78, 5) is 12.7. The highest BCUT2D eigenvalue weighted by atomic mass is 32.1. The van der Waals surface area contributed by atoms with Crippen LogP contribution in [0.15, 0.2) is 35.7 Å². The number of aryl methyl sites for hydroxylation is 1. The Morgan fingerprint density at radius 1 is 1.28 bits per heavy atom. The van der Waals surface area contributed by atoms with Crippen LogP contribution in [0.25, 0.3) is 0 Å². The highest BCUT2D eigenvalue weighted by Gasteiger charge is 2.12. The molecule has 0 aliphatic carbocycles. The number of hydrogen-bond acceptors (Lipinski definition) is 3. The van der Waals surface area contributed by atoms with Crippen LogP contribution in [-0.4, -0.2) is 11.0 Å². The standard InChI is InChI=1S/C14H15NO2S/c1-2-10-7-8-18-13(10)14(17)15-9-11-5-3-4-6-12(11)16/h3-8,16H,2,9H2,1H3,(H,15,17). The Morgan fingerprint density at radius 3 is 2.78 bits per heavy atom. The summed E-state index contributed by atoms with van der Waals surface area (Å²) in [5.41, 5.74) is 1.79. The zero-order chi connectivity index (χ0) is 13.0. The van der Waals surface area contributed by atoms with Crippen LogP contribution in [-0.2, 0) is 13.0 Å². The summed E-state index contributed by atoms with van der Waals surface area (Å²) in [7, 11) is 0. The number of hydrogen-bond donors (Lipinski definition) is 2. The van der Waals surface area contributed by atoms with Gasteiger partial charge in [-0.05, 0) is 29.5 Å². The summed E-state index contributed by atoms with van der Waals surface area (Å²) >= 11 is 1.45. The molecule has 2 aromatic rings. The van der Waals surface area contributed by atoms with E-state index in [1.807, 2.05) is 24.4 Å². The van der Waals surface area contributed by atoms with Crippen molar-refractivity contribution in [2.75, 3.05) is 0 Å². The fourth-order valence-corrected chi connectivity index (χ4v) is 2.64. The number of carbonyl (C=O) groups excluding carboxylic acids is 1. The molecule has 0 aliphatic heterocycles. The van der Waals surface area contributed by atoms with Crippen LogP contribution in [0.5, 0.6) is 5.75 Å². The maximum absolute atomic E-state index is 12.0. The molecule has 0 saturated heterocycles. The molecule has 0 atom stereocenters. The van der Waals surface area contributed by atoms with Crippen molar-refractivity contribution >= 4 is 17.2 Å². The van der Waals surface area contributed by atoms with Gasteiger partial charge in [-0.25, -0.2) is 0 Å². The van der Waals surface area contributed by atoms with Crippen LogP contribution >= 0.6 is 11.3 Å². The molecule has 1 heterocycles. The average Bonchev–Trinajstić information content (AvgIpc) is 2.86. The molecule has 0 radical (unpaired) electrons. The fourth-order valence-electron chi connectivity index (χ4n) is 1.73. The molecular formula is C14H15NO2S. The lowest BCUT2D eigenvalue weighted by Crippen LogP contribution is -2.22. The number of carbonyl (C=O) groups is 1. The average molecular weight is 261 g/mol. The van der Waals surface area contributed by atoms with Gasteiger partial charge in [0.2, 0.25) is 0 Å². The lowest BCUT2D eigenvalue weighted by atomic mass is 10.2. The first-order chi connectivity index (χ1) is 8.72. The molecule has 0 fully saturated rings. The second-order valence-corrected chi connectivity index (χ2v) is 4.86. The maximum Gasteiger partial charge on any atom is 0.261 e. The summed E-state index contributed by atoms with van der Waals surface area (Å²) in [6, 6.07) is 8.98. The Bertz CT molecular complexity index is 548. The molecule has 0 unspecified atom stereocenters. The molecule has 3 nitrogen and oxygen atoms in total. The molecule has 2 N–H and O–H groups in total. The number of rotatable bonds is 4. The van der Waals surface area contributed by atoms with Gasteiger partial charge < -0.3 is 10.4 Å². The highest BCUT2D eigenvalue weighted by molar-refractivity contribution is 7.12. The Balaban J connectivity index is 2.03. The summed E-state index contributed by atoms with van der Waals surface area (Å²) in [6.45, 7) is 2.37. The molecule has 1 amide bonds. The van der Waals surface area contributed by atoms with Crippen LogP contribution < -0.4 is 5.32 Å². The van der Waals surface area contributed by atoms with E-state index >= 15 is 0 Å². The number of aromatic hydroxyl groups is 1. The van der Waals surface area contributed by atoms with Crippen molar-refractivity contribution in [3.63, 3.8) is 0 Å². The number of phenolic OH excluding ortho intramolecular Hbond substituents is 1. The van der Waals surface area contributed by atoms with Crippen molar-refractivity contribution in [3.8, 4) is 5.75 Å².